The summed E-state index contributed by atoms with van der Waals surface area (Å²) in [6, 6.07) is 5.39. The third-order valence-electron chi connectivity index (χ3n) is 3.50. The SMILES string of the molecule is CC(C)n1c(=O)oc2ccc(C(C)(C)CC(=O)O)cc21. The summed E-state index contributed by atoms with van der Waals surface area (Å²) in [6.45, 7) is 7.57. The predicted octanol–water partition coefficient (Wildman–Crippen LogP) is 2.93. The van der Waals surface area contributed by atoms with Crippen molar-refractivity contribution in [2.45, 2.75) is 45.6 Å². The van der Waals surface area contributed by atoms with Crippen molar-refractivity contribution in [1.82, 2.24) is 4.57 Å². The van der Waals surface area contributed by atoms with Crippen LogP contribution < -0.4 is 5.76 Å². The second-order valence-corrected chi connectivity index (χ2v) is 5.97. The lowest BCUT2D eigenvalue weighted by Crippen LogP contribution is -2.22. The smallest absolute Gasteiger partial charge is 0.420 e. The van der Waals surface area contributed by atoms with Gasteiger partial charge in [0.15, 0.2) is 5.58 Å². The van der Waals surface area contributed by atoms with E-state index in [2.05, 4.69) is 0 Å². The van der Waals surface area contributed by atoms with Gasteiger partial charge in [-0.1, -0.05) is 19.9 Å². The van der Waals surface area contributed by atoms with Crippen LogP contribution in [0.15, 0.2) is 27.4 Å². The van der Waals surface area contributed by atoms with Gasteiger partial charge in [-0.25, -0.2) is 4.79 Å². The van der Waals surface area contributed by atoms with Crippen LogP contribution in [0.25, 0.3) is 11.1 Å². The van der Waals surface area contributed by atoms with Crippen molar-refractivity contribution >= 4 is 17.1 Å². The minimum Gasteiger partial charge on any atom is -0.481 e. The summed E-state index contributed by atoms with van der Waals surface area (Å²) in [5, 5.41) is 9.00. The van der Waals surface area contributed by atoms with Crippen LogP contribution in [-0.4, -0.2) is 15.6 Å². The van der Waals surface area contributed by atoms with Gasteiger partial charge in [0.2, 0.25) is 0 Å². The fraction of sp³-hybridized carbons (Fsp3) is 0.467. The van der Waals surface area contributed by atoms with Gasteiger partial charge in [-0.15, -0.1) is 0 Å². The summed E-state index contributed by atoms with van der Waals surface area (Å²) in [4.78, 5) is 22.8. The Morgan fingerprint density at radius 3 is 2.60 bits per heavy atom. The van der Waals surface area contributed by atoms with Crippen LogP contribution in [0, 0.1) is 0 Å². The van der Waals surface area contributed by atoms with Crippen molar-refractivity contribution in [2.24, 2.45) is 0 Å². The maximum absolute atomic E-state index is 11.8. The second kappa shape index (κ2) is 4.81. The Morgan fingerprint density at radius 1 is 1.40 bits per heavy atom. The van der Waals surface area contributed by atoms with Gasteiger partial charge >= 0.3 is 11.7 Å². The highest BCUT2D eigenvalue weighted by Gasteiger charge is 2.25. The van der Waals surface area contributed by atoms with E-state index in [0.717, 1.165) is 5.56 Å². The molecular weight excluding hydrogens is 258 g/mol. The van der Waals surface area contributed by atoms with E-state index in [1.165, 1.54) is 0 Å². The Bertz CT molecular complexity index is 706. The maximum Gasteiger partial charge on any atom is 0.420 e. The van der Waals surface area contributed by atoms with Crippen LogP contribution >= 0.6 is 0 Å². The second-order valence-electron chi connectivity index (χ2n) is 5.97. The predicted molar refractivity (Wildman–Crippen MR) is 76.1 cm³/mol. The highest BCUT2D eigenvalue weighted by atomic mass is 16.4. The molecule has 0 unspecified atom stereocenters. The van der Waals surface area contributed by atoms with Crippen molar-refractivity contribution in [3.05, 3.63) is 34.3 Å². The number of carboxylic acids is 1. The Kier molecular flexibility index (Phi) is 3.46. The molecule has 0 spiro atoms. The molecule has 0 amide bonds. The summed E-state index contributed by atoms with van der Waals surface area (Å²) in [6.07, 6.45) is 0.0300. The summed E-state index contributed by atoms with van der Waals surface area (Å²) in [7, 11) is 0. The number of rotatable bonds is 4. The van der Waals surface area contributed by atoms with Gasteiger partial charge in [0.25, 0.3) is 0 Å². The number of nitrogens with zero attached hydrogens (tertiary/aromatic N) is 1. The zero-order valence-corrected chi connectivity index (χ0v) is 12.1. The normalized spacial score (nSPS) is 12.2. The lowest BCUT2D eigenvalue weighted by molar-refractivity contribution is -0.138. The molecule has 108 valence electrons. The van der Waals surface area contributed by atoms with Crippen molar-refractivity contribution < 1.29 is 14.3 Å². The van der Waals surface area contributed by atoms with E-state index in [1.54, 1.807) is 10.6 Å². The Balaban J connectivity index is 2.61. The summed E-state index contributed by atoms with van der Waals surface area (Å²) < 4.78 is 6.78. The molecule has 0 saturated carbocycles. The summed E-state index contributed by atoms with van der Waals surface area (Å²) in [5.74, 6) is -1.23. The van der Waals surface area contributed by atoms with Crippen molar-refractivity contribution in [3.63, 3.8) is 0 Å². The molecular formula is C15H19NO4. The average Bonchev–Trinajstić information content (AvgIpc) is 2.61. The van der Waals surface area contributed by atoms with E-state index in [9.17, 15) is 9.59 Å². The topological polar surface area (TPSA) is 72.4 Å². The molecule has 1 N–H and O–H groups in total. The van der Waals surface area contributed by atoms with E-state index in [0.29, 0.717) is 11.1 Å². The van der Waals surface area contributed by atoms with Gasteiger partial charge in [-0.3, -0.25) is 9.36 Å². The molecule has 0 aliphatic heterocycles. The summed E-state index contributed by atoms with van der Waals surface area (Å²) in [5.41, 5.74) is 1.61. The molecule has 5 nitrogen and oxygen atoms in total. The quantitative estimate of drug-likeness (QED) is 0.932. The van der Waals surface area contributed by atoms with Gasteiger partial charge in [0.05, 0.1) is 11.9 Å². The van der Waals surface area contributed by atoms with E-state index >= 15 is 0 Å². The van der Waals surface area contributed by atoms with Crippen LogP contribution in [-0.2, 0) is 10.2 Å². The van der Waals surface area contributed by atoms with E-state index < -0.39 is 11.4 Å². The number of carboxylic acid groups (broad SMARTS) is 1. The number of carbonyl (C=O) groups is 1. The molecule has 0 fully saturated rings. The minimum atomic E-state index is -0.844. The fourth-order valence-electron chi connectivity index (χ4n) is 2.42. The third kappa shape index (κ3) is 2.48. The van der Waals surface area contributed by atoms with Gasteiger partial charge in [0, 0.05) is 11.5 Å². The number of aliphatic carboxylic acids is 1. The first kappa shape index (κ1) is 14.4. The van der Waals surface area contributed by atoms with Crippen LogP contribution in [0.1, 0.15) is 45.7 Å². The molecule has 0 aliphatic rings. The third-order valence-corrected chi connectivity index (χ3v) is 3.50. The number of fused-ring (bicyclic) bond motifs is 1. The zero-order valence-electron chi connectivity index (χ0n) is 12.1. The number of aromatic nitrogens is 1. The van der Waals surface area contributed by atoms with Crippen LogP contribution in [0.5, 0.6) is 0 Å². The number of benzene rings is 1. The lowest BCUT2D eigenvalue weighted by atomic mass is 9.81. The van der Waals surface area contributed by atoms with Gasteiger partial charge < -0.3 is 9.52 Å². The molecule has 2 rings (SSSR count). The first-order valence-corrected chi connectivity index (χ1v) is 6.60. The molecule has 1 aromatic carbocycles. The van der Waals surface area contributed by atoms with E-state index in [4.69, 9.17) is 9.52 Å². The van der Waals surface area contributed by atoms with Crippen molar-refractivity contribution in [2.75, 3.05) is 0 Å². The molecule has 20 heavy (non-hydrogen) atoms. The average molecular weight is 277 g/mol. The largest absolute Gasteiger partial charge is 0.481 e. The first-order valence-electron chi connectivity index (χ1n) is 6.60. The van der Waals surface area contributed by atoms with E-state index in [1.807, 2.05) is 39.8 Å². The van der Waals surface area contributed by atoms with Crippen LogP contribution in [0.4, 0.5) is 0 Å². The van der Waals surface area contributed by atoms with Gasteiger partial charge in [0.1, 0.15) is 0 Å². The molecule has 5 heteroatoms. The molecule has 0 saturated heterocycles. The Labute approximate surface area is 116 Å². The number of hydrogen-bond acceptors (Lipinski definition) is 3. The standard InChI is InChI=1S/C15H19NO4/c1-9(2)16-11-7-10(15(3,4)8-13(17)18)5-6-12(11)20-14(16)19/h5-7,9H,8H2,1-4H3,(H,17,18). The first-order chi connectivity index (χ1) is 9.22. The maximum atomic E-state index is 11.8. The molecule has 1 aromatic heterocycles. The molecule has 0 bridgehead atoms. The fourth-order valence-corrected chi connectivity index (χ4v) is 2.42. The Hall–Kier alpha value is -2.04. The Morgan fingerprint density at radius 2 is 2.05 bits per heavy atom. The zero-order chi connectivity index (χ0) is 15.1. The van der Waals surface area contributed by atoms with Crippen molar-refractivity contribution in [1.29, 1.82) is 0 Å². The monoisotopic (exact) mass is 277 g/mol. The van der Waals surface area contributed by atoms with Crippen LogP contribution in [0.2, 0.25) is 0 Å². The highest BCUT2D eigenvalue weighted by molar-refractivity contribution is 5.75. The molecule has 0 atom stereocenters. The molecule has 0 radical (unpaired) electrons. The lowest BCUT2D eigenvalue weighted by Gasteiger charge is -2.23. The number of hydrogen-bond donors (Lipinski definition) is 1. The minimum absolute atomic E-state index is 0.0124. The highest BCUT2D eigenvalue weighted by Crippen LogP contribution is 2.30. The summed E-state index contributed by atoms with van der Waals surface area (Å²) >= 11 is 0. The number of oxazole rings is 1. The van der Waals surface area contributed by atoms with E-state index in [-0.39, 0.29) is 18.2 Å². The van der Waals surface area contributed by atoms with Crippen molar-refractivity contribution in [3.8, 4) is 0 Å². The molecule has 0 aliphatic carbocycles. The molecule has 1 heterocycles. The molecule has 2 aromatic rings. The van der Waals surface area contributed by atoms with Crippen LogP contribution in [0.3, 0.4) is 0 Å². The van der Waals surface area contributed by atoms with Gasteiger partial charge in [-0.2, -0.15) is 0 Å². The van der Waals surface area contributed by atoms with Gasteiger partial charge in [-0.05, 0) is 31.5 Å².